The second kappa shape index (κ2) is 13.8. The van der Waals surface area contributed by atoms with E-state index >= 15 is 0 Å². The number of piperazine rings is 1. The van der Waals surface area contributed by atoms with Gasteiger partial charge in [0.25, 0.3) is 5.91 Å². The molecule has 21 nitrogen and oxygen atoms in total. The Bertz CT molecular complexity index is 1570. The van der Waals surface area contributed by atoms with Crippen molar-refractivity contribution >= 4 is 36.8 Å². The van der Waals surface area contributed by atoms with Gasteiger partial charge >= 0.3 is 23.6 Å². The number of benzene rings is 1. The van der Waals surface area contributed by atoms with Gasteiger partial charge < -0.3 is 81.8 Å². The quantitative estimate of drug-likeness (QED) is 0.0810. The summed E-state index contributed by atoms with van der Waals surface area (Å²) in [6, 6.07) is 3.66. The molecule has 1 aromatic heterocycles. The van der Waals surface area contributed by atoms with Crippen LogP contribution < -0.4 is 26.0 Å². The van der Waals surface area contributed by atoms with Crippen molar-refractivity contribution in [3.8, 4) is 5.75 Å². The van der Waals surface area contributed by atoms with Crippen molar-refractivity contribution in [2.24, 2.45) is 5.73 Å². The van der Waals surface area contributed by atoms with Crippen LogP contribution in [0.1, 0.15) is 48.8 Å². The second-order valence-electron chi connectivity index (χ2n) is 12.6. The number of aryl methyl sites for hydroxylation is 1. The first-order valence-electron chi connectivity index (χ1n) is 16.1. The maximum atomic E-state index is 12.4. The number of piperidine rings is 1. The lowest BCUT2D eigenvalue weighted by Gasteiger charge is -2.64. The fraction of sp³-hybridized carbons (Fsp3) is 0.621. The summed E-state index contributed by atoms with van der Waals surface area (Å²) in [5, 5.41) is 111. The van der Waals surface area contributed by atoms with Crippen molar-refractivity contribution in [1.29, 1.82) is 0 Å². The second-order valence-corrected chi connectivity index (χ2v) is 12.6. The zero-order valence-corrected chi connectivity index (χ0v) is 27.8. The van der Waals surface area contributed by atoms with E-state index in [2.05, 4.69) is 20.6 Å². The van der Waals surface area contributed by atoms with Crippen molar-refractivity contribution in [3.05, 3.63) is 29.6 Å². The molecule has 2 aromatic rings. The Balaban J connectivity index is 1.37. The Labute approximate surface area is 292 Å². The minimum atomic E-state index is -4.40. The SMILES string of the molecule is [B]C(O)(O)N1C(O)(O)C(O)(O)N(C2CCN(c3ccc(Nc4nc(NC5CCOCC5)c(CC)nc4C(N)=O)cc3OC)CC2)C(O)(O)C1(O)O. The lowest BCUT2D eigenvalue weighted by molar-refractivity contribution is -0.634. The van der Waals surface area contributed by atoms with Crippen LogP contribution in [0.15, 0.2) is 18.2 Å². The summed E-state index contributed by atoms with van der Waals surface area (Å²) in [4.78, 5) is 22.0. The number of hydrogen-bond acceptors (Lipinski definition) is 20. The van der Waals surface area contributed by atoms with Gasteiger partial charge in [0.2, 0.25) is 0 Å². The molecule has 1 amide bonds. The number of rotatable bonds is 10. The highest BCUT2D eigenvalue weighted by Crippen LogP contribution is 2.48. The van der Waals surface area contributed by atoms with E-state index in [-0.39, 0.29) is 48.4 Å². The largest absolute Gasteiger partial charge is 0.495 e. The molecule has 14 N–H and O–H groups in total. The fourth-order valence-electron chi connectivity index (χ4n) is 6.67. The number of hydrogen-bond donors (Lipinski definition) is 13. The Hall–Kier alpha value is -3.49. The predicted octanol–water partition coefficient (Wildman–Crippen LogP) is -4.61. The number of methoxy groups -OCH3 is 1. The Morgan fingerprint density at radius 3 is 2.08 bits per heavy atom. The van der Waals surface area contributed by atoms with Gasteiger partial charge in [-0.3, -0.25) is 4.79 Å². The van der Waals surface area contributed by atoms with Gasteiger partial charge in [0.05, 0.1) is 18.5 Å². The number of ether oxygens (including phenoxy) is 2. The molecule has 0 spiro atoms. The topological polar surface area (TPSA) is 323 Å². The number of amides is 1. The minimum absolute atomic E-state index is 0.0335. The highest BCUT2D eigenvalue weighted by atomic mass is 16.7. The van der Waals surface area contributed by atoms with E-state index in [9.17, 15) is 55.9 Å². The van der Waals surface area contributed by atoms with Gasteiger partial charge in [-0.05, 0) is 44.2 Å². The molecule has 3 aliphatic heterocycles. The van der Waals surface area contributed by atoms with Crippen LogP contribution in [-0.2, 0) is 11.2 Å². The van der Waals surface area contributed by atoms with Crippen molar-refractivity contribution in [2.45, 2.75) is 80.6 Å². The number of primary amides is 1. The summed E-state index contributed by atoms with van der Waals surface area (Å²) in [6.45, 7) is 3.16. The van der Waals surface area contributed by atoms with Crippen LogP contribution in [0.25, 0.3) is 0 Å². The number of nitrogens with zero attached hydrogens (tertiary/aromatic N) is 5. The normalized spacial score (nSPS) is 22.8. The van der Waals surface area contributed by atoms with E-state index in [1.54, 1.807) is 23.1 Å². The smallest absolute Gasteiger partial charge is 0.306 e. The van der Waals surface area contributed by atoms with E-state index in [0.717, 1.165) is 12.8 Å². The summed E-state index contributed by atoms with van der Waals surface area (Å²) >= 11 is 0. The molecule has 0 aliphatic carbocycles. The minimum Gasteiger partial charge on any atom is -0.495 e. The summed E-state index contributed by atoms with van der Waals surface area (Å²) in [5.41, 5.74) is 7.14. The van der Waals surface area contributed by atoms with Gasteiger partial charge in [0.1, 0.15) is 5.75 Å². The van der Waals surface area contributed by atoms with E-state index < -0.39 is 46.3 Å². The van der Waals surface area contributed by atoms with Crippen LogP contribution in [0.3, 0.4) is 0 Å². The zero-order chi connectivity index (χ0) is 37.7. The van der Waals surface area contributed by atoms with Crippen LogP contribution in [0, 0.1) is 0 Å². The number of carbonyl (C=O) groups is 1. The molecule has 280 valence electrons. The average Bonchev–Trinajstić information content (AvgIpc) is 3.04. The lowest BCUT2D eigenvalue weighted by atomic mass is 9.92. The Morgan fingerprint density at radius 2 is 1.57 bits per heavy atom. The number of nitrogens with one attached hydrogen (secondary N) is 2. The van der Waals surface area contributed by atoms with Crippen LogP contribution in [0.4, 0.5) is 23.0 Å². The van der Waals surface area contributed by atoms with Gasteiger partial charge in [-0.1, -0.05) is 6.92 Å². The molecule has 0 bridgehead atoms. The number of aromatic nitrogens is 2. The molecule has 0 unspecified atom stereocenters. The van der Waals surface area contributed by atoms with Gasteiger partial charge in [-0.25, -0.2) is 9.97 Å². The van der Waals surface area contributed by atoms with Crippen LogP contribution in [-0.4, -0.2) is 160 Å². The molecule has 0 atom stereocenters. The maximum Gasteiger partial charge on any atom is 0.306 e. The number of nitrogens with two attached hydrogens (primary N) is 1. The first-order valence-corrected chi connectivity index (χ1v) is 16.1. The molecule has 3 aliphatic rings. The zero-order valence-electron chi connectivity index (χ0n) is 27.8. The number of anilines is 4. The number of carbonyl (C=O) groups excluding carboxylic acids is 1. The van der Waals surface area contributed by atoms with Gasteiger partial charge in [-0.15, -0.1) is 4.90 Å². The lowest BCUT2D eigenvalue weighted by Crippen LogP contribution is -2.94. The van der Waals surface area contributed by atoms with Crippen molar-refractivity contribution < 1.29 is 65.3 Å². The molecule has 0 saturated carbocycles. The molecule has 22 heteroatoms. The molecule has 51 heavy (non-hydrogen) atoms. The molecule has 3 saturated heterocycles. The summed E-state index contributed by atoms with van der Waals surface area (Å²) in [5.74, 6) is -21.1. The molecule has 5 rings (SSSR count). The van der Waals surface area contributed by atoms with Gasteiger partial charge in [0, 0.05) is 50.1 Å². The van der Waals surface area contributed by atoms with Crippen LogP contribution in [0.5, 0.6) is 5.75 Å². The van der Waals surface area contributed by atoms with Gasteiger partial charge in [-0.2, -0.15) is 4.90 Å². The summed E-state index contributed by atoms with van der Waals surface area (Å²) in [6.07, 6.45) is 1.67. The third-order valence-corrected chi connectivity index (χ3v) is 9.24. The maximum absolute atomic E-state index is 12.4. The highest BCUT2D eigenvalue weighted by Gasteiger charge is 2.80. The highest BCUT2D eigenvalue weighted by molar-refractivity contribution is 6.12. The first-order chi connectivity index (χ1) is 23.7. The molecule has 1 aromatic carbocycles. The standard InChI is InChI=1S/C29H43BN8O13/c1-3-18-23(32-15-8-12-51-13-9-15)35-24(21(34-18)22(31)39)33-16-4-5-19(20(14-16)50-2)36-10-6-17(7-11-36)37-25(40,41)27(44,45)38(29(30,48)49)28(46,47)26(37,42)43/h4-5,14-15,17,40-49H,3,6-13H2,1-2H3,(H2,31,39)(H2,32,33,35). The molecule has 2 radical (unpaired) electrons. The third kappa shape index (κ3) is 6.91. The van der Waals surface area contributed by atoms with E-state index in [1.165, 1.54) is 7.11 Å². The van der Waals surface area contributed by atoms with Crippen LogP contribution >= 0.6 is 0 Å². The molecular formula is C29H43BN8O13. The molecular weight excluding hydrogens is 679 g/mol. The third-order valence-electron chi connectivity index (χ3n) is 9.24. The van der Waals surface area contributed by atoms with Gasteiger partial charge in [0.15, 0.2) is 31.0 Å². The van der Waals surface area contributed by atoms with E-state index in [4.69, 9.17) is 23.1 Å². The number of aliphatic hydroxyl groups is 10. The van der Waals surface area contributed by atoms with Crippen molar-refractivity contribution in [2.75, 3.05) is 48.9 Å². The fourth-order valence-corrected chi connectivity index (χ4v) is 6.67. The van der Waals surface area contributed by atoms with Crippen molar-refractivity contribution in [1.82, 2.24) is 19.8 Å². The molecule has 3 fully saturated rings. The monoisotopic (exact) mass is 722 g/mol. The van der Waals surface area contributed by atoms with Crippen LogP contribution in [0.2, 0.25) is 0 Å². The van der Waals surface area contributed by atoms with Crippen molar-refractivity contribution in [3.63, 3.8) is 0 Å². The molecule has 4 heterocycles. The Kier molecular flexibility index (Phi) is 10.5. The van der Waals surface area contributed by atoms with E-state index in [0.29, 0.717) is 48.3 Å². The summed E-state index contributed by atoms with van der Waals surface area (Å²) in [7, 11) is 6.36. The predicted molar refractivity (Wildman–Crippen MR) is 174 cm³/mol. The van der Waals surface area contributed by atoms with E-state index in [1.807, 2.05) is 6.92 Å². The first kappa shape index (κ1) is 38.7. The summed E-state index contributed by atoms with van der Waals surface area (Å²) < 4.78 is 11.1. The average molecular weight is 723 g/mol. The Morgan fingerprint density at radius 1 is 0.980 bits per heavy atom.